The van der Waals surface area contributed by atoms with Crippen LogP contribution in [0.3, 0.4) is 0 Å². The predicted molar refractivity (Wildman–Crippen MR) is 85.7 cm³/mol. The molecule has 2 aromatic rings. The molecule has 0 bridgehead atoms. The number of halogens is 1. The van der Waals surface area contributed by atoms with Crippen molar-refractivity contribution in [2.45, 2.75) is 11.7 Å². The molecule has 130 valence electrons. The lowest BCUT2D eigenvalue weighted by Crippen LogP contribution is -2.23. The first-order valence-corrected chi connectivity index (χ1v) is 9.52. The van der Waals surface area contributed by atoms with Gasteiger partial charge < -0.3 is 4.74 Å². The zero-order valence-electron chi connectivity index (χ0n) is 12.9. The van der Waals surface area contributed by atoms with E-state index >= 15 is 0 Å². The molecule has 0 aliphatic rings. The molecule has 0 aliphatic carbocycles. The fraction of sp³-hybridized carbons (Fsp3) is 0.308. The molecule has 1 N–H and O–H groups in total. The standard InChI is InChI=1S/C13H15FN4O4S2/c1-22-12(19)8-23-13-17-16-11(7-15-24(2,20)21)18(13)10-5-3-9(14)4-6-10/h3-6,15H,7-8H2,1-2H3. The maximum Gasteiger partial charge on any atom is 0.316 e. The van der Waals surface area contributed by atoms with E-state index < -0.39 is 21.8 Å². The summed E-state index contributed by atoms with van der Waals surface area (Å²) in [4.78, 5) is 11.3. The third-order valence-corrected chi connectivity index (χ3v) is 4.40. The van der Waals surface area contributed by atoms with Crippen LogP contribution in [-0.2, 0) is 26.1 Å². The molecule has 0 fully saturated rings. The summed E-state index contributed by atoms with van der Waals surface area (Å²) >= 11 is 1.08. The highest BCUT2D eigenvalue weighted by atomic mass is 32.2. The number of benzene rings is 1. The van der Waals surface area contributed by atoms with Crippen LogP contribution in [0.5, 0.6) is 0 Å². The summed E-state index contributed by atoms with van der Waals surface area (Å²) in [6.07, 6.45) is 1.03. The molecule has 0 saturated heterocycles. The lowest BCUT2D eigenvalue weighted by Gasteiger charge is -2.10. The first-order valence-electron chi connectivity index (χ1n) is 6.64. The van der Waals surface area contributed by atoms with Crippen LogP contribution in [0.2, 0.25) is 0 Å². The number of esters is 1. The van der Waals surface area contributed by atoms with Gasteiger partial charge in [0.05, 0.1) is 25.7 Å². The summed E-state index contributed by atoms with van der Waals surface area (Å²) in [5.74, 6) is -0.537. The average molecular weight is 374 g/mol. The van der Waals surface area contributed by atoms with Crippen molar-refractivity contribution in [1.29, 1.82) is 0 Å². The molecule has 0 radical (unpaired) electrons. The van der Waals surface area contributed by atoms with Crippen molar-refractivity contribution >= 4 is 27.8 Å². The maximum atomic E-state index is 13.1. The largest absolute Gasteiger partial charge is 0.468 e. The van der Waals surface area contributed by atoms with Gasteiger partial charge in [-0.25, -0.2) is 17.5 Å². The van der Waals surface area contributed by atoms with Crippen molar-refractivity contribution < 1.29 is 22.3 Å². The number of rotatable bonds is 7. The molecule has 0 unspecified atom stereocenters. The van der Waals surface area contributed by atoms with E-state index in [9.17, 15) is 17.6 Å². The van der Waals surface area contributed by atoms with Crippen LogP contribution in [0.25, 0.3) is 5.69 Å². The summed E-state index contributed by atoms with van der Waals surface area (Å²) in [5.41, 5.74) is 0.541. The third-order valence-electron chi connectivity index (χ3n) is 2.82. The lowest BCUT2D eigenvalue weighted by molar-refractivity contribution is -0.137. The first kappa shape index (κ1) is 18.4. The number of nitrogens with zero attached hydrogens (tertiary/aromatic N) is 3. The van der Waals surface area contributed by atoms with Gasteiger partial charge >= 0.3 is 5.97 Å². The summed E-state index contributed by atoms with van der Waals surface area (Å²) in [7, 11) is -2.15. The number of hydrogen-bond donors (Lipinski definition) is 1. The van der Waals surface area contributed by atoms with Crippen LogP contribution in [0.4, 0.5) is 4.39 Å². The van der Waals surface area contributed by atoms with E-state index in [-0.39, 0.29) is 12.3 Å². The van der Waals surface area contributed by atoms with Crippen LogP contribution in [0, 0.1) is 5.82 Å². The second-order valence-corrected chi connectivity index (χ2v) is 7.44. The van der Waals surface area contributed by atoms with Crippen LogP contribution in [0.15, 0.2) is 29.4 Å². The van der Waals surface area contributed by atoms with E-state index in [1.54, 1.807) is 4.57 Å². The first-order chi connectivity index (χ1) is 11.3. The van der Waals surface area contributed by atoms with Crippen molar-refractivity contribution in [2.24, 2.45) is 0 Å². The number of sulfonamides is 1. The highest BCUT2D eigenvalue weighted by Gasteiger charge is 2.17. The smallest absolute Gasteiger partial charge is 0.316 e. The minimum absolute atomic E-state index is 0.00926. The number of nitrogens with one attached hydrogen (secondary N) is 1. The van der Waals surface area contributed by atoms with Crippen molar-refractivity contribution in [3.8, 4) is 5.69 Å². The molecule has 1 aromatic carbocycles. The third kappa shape index (κ3) is 5.01. The van der Waals surface area contributed by atoms with E-state index in [2.05, 4.69) is 19.7 Å². The van der Waals surface area contributed by atoms with Gasteiger partial charge in [0.15, 0.2) is 11.0 Å². The van der Waals surface area contributed by atoms with Crippen molar-refractivity contribution in [1.82, 2.24) is 19.5 Å². The van der Waals surface area contributed by atoms with Crippen molar-refractivity contribution in [3.05, 3.63) is 35.9 Å². The van der Waals surface area contributed by atoms with E-state index in [4.69, 9.17) is 0 Å². The summed E-state index contributed by atoms with van der Waals surface area (Å²) < 4.78 is 44.1. The van der Waals surface area contributed by atoms with Gasteiger partial charge in [0.2, 0.25) is 10.0 Å². The number of methoxy groups -OCH3 is 1. The molecule has 0 atom stereocenters. The van der Waals surface area contributed by atoms with Gasteiger partial charge in [0.1, 0.15) is 5.82 Å². The highest BCUT2D eigenvalue weighted by Crippen LogP contribution is 2.22. The molecule has 24 heavy (non-hydrogen) atoms. The minimum Gasteiger partial charge on any atom is -0.468 e. The van der Waals surface area contributed by atoms with E-state index in [0.717, 1.165) is 18.0 Å². The van der Waals surface area contributed by atoms with E-state index in [0.29, 0.717) is 16.7 Å². The number of hydrogen-bond acceptors (Lipinski definition) is 7. The van der Waals surface area contributed by atoms with E-state index in [1.807, 2.05) is 0 Å². The maximum absolute atomic E-state index is 13.1. The minimum atomic E-state index is -3.42. The molecular weight excluding hydrogens is 359 g/mol. The van der Waals surface area contributed by atoms with Crippen LogP contribution in [0.1, 0.15) is 5.82 Å². The summed E-state index contributed by atoms with van der Waals surface area (Å²) in [6, 6.07) is 5.53. The zero-order chi connectivity index (χ0) is 17.7. The number of aromatic nitrogens is 3. The predicted octanol–water partition coefficient (Wildman–Crippen LogP) is 0.721. The second-order valence-electron chi connectivity index (χ2n) is 4.67. The molecule has 0 spiro atoms. The molecule has 8 nitrogen and oxygen atoms in total. The Hall–Kier alpha value is -1.98. The second kappa shape index (κ2) is 7.73. The van der Waals surface area contributed by atoms with Gasteiger partial charge in [0, 0.05) is 5.69 Å². The zero-order valence-corrected chi connectivity index (χ0v) is 14.5. The van der Waals surface area contributed by atoms with Gasteiger partial charge in [-0.15, -0.1) is 10.2 Å². The Bertz CT molecular complexity index is 821. The van der Waals surface area contributed by atoms with Gasteiger partial charge in [-0.2, -0.15) is 0 Å². The number of thioether (sulfide) groups is 1. The molecular formula is C13H15FN4O4S2. The quantitative estimate of drug-likeness (QED) is 0.563. The Morgan fingerprint density at radius 2 is 2.00 bits per heavy atom. The van der Waals surface area contributed by atoms with Gasteiger partial charge in [-0.3, -0.25) is 9.36 Å². The molecule has 11 heteroatoms. The molecule has 0 amide bonds. The fourth-order valence-electron chi connectivity index (χ4n) is 1.74. The lowest BCUT2D eigenvalue weighted by atomic mass is 10.3. The Kier molecular flexibility index (Phi) is 5.91. The molecule has 0 aliphatic heterocycles. The van der Waals surface area contributed by atoms with Gasteiger partial charge in [-0.05, 0) is 24.3 Å². The topological polar surface area (TPSA) is 103 Å². The van der Waals surface area contributed by atoms with E-state index in [1.165, 1.54) is 31.4 Å². The molecule has 1 aromatic heterocycles. The number of ether oxygens (including phenoxy) is 1. The average Bonchev–Trinajstić information content (AvgIpc) is 2.93. The Labute approximate surface area is 142 Å². The molecule has 1 heterocycles. The molecule has 2 rings (SSSR count). The van der Waals surface area contributed by atoms with Crippen LogP contribution in [-0.4, -0.2) is 48.3 Å². The Morgan fingerprint density at radius 1 is 1.33 bits per heavy atom. The number of carbonyl (C=O) groups is 1. The van der Waals surface area contributed by atoms with Crippen molar-refractivity contribution in [2.75, 3.05) is 19.1 Å². The summed E-state index contributed by atoms with van der Waals surface area (Å²) in [5, 5.41) is 8.26. The SMILES string of the molecule is COC(=O)CSc1nnc(CNS(C)(=O)=O)n1-c1ccc(F)cc1. The Balaban J connectivity index is 2.35. The van der Waals surface area contributed by atoms with Crippen LogP contribution < -0.4 is 4.72 Å². The normalized spacial score (nSPS) is 11.5. The van der Waals surface area contributed by atoms with Gasteiger partial charge in [0.25, 0.3) is 0 Å². The van der Waals surface area contributed by atoms with Gasteiger partial charge in [-0.1, -0.05) is 11.8 Å². The van der Waals surface area contributed by atoms with Crippen LogP contribution >= 0.6 is 11.8 Å². The summed E-state index contributed by atoms with van der Waals surface area (Å²) in [6.45, 7) is -0.0952. The molecule has 0 saturated carbocycles. The van der Waals surface area contributed by atoms with Crippen molar-refractivity contribution in [3.63, 3.8) is 0 Å². The Morgan fingerprint density at radius 3 is 2.58 bits per heavy atom. The highest BCUT2D eigenvalue weighted by molar-refractivity contribution is 7.99. The fourth-order valence-corrected chi connectivity index (χ4v) is 2.93. The monoisotopic (exact) mass is 374 g/mol. The number of carbonyl (C=O) groups excluding carboxylic acids is 1.